The van der Waals surface area contributed by atoms with Crippen molar-refractivity contribution in [2.45, 2.75) is 13.8 Å². The van der Waals surface area contributed by atoms with Crippen molar-refractivity contribution in [3.8, 4) is 5.88 Å². The fourth-order valence-corrected chi connectivity index (χ4v) is 1.74. The Morgan fingerprint density at radius 1 is 1.25 bits per heavy atom. The summed E-state index contributed by atoms with van der Waals surface area (Å²) in [6, 6.07) is 6.94. The van der Waals surface area contributed by atoms with E-state index in [9.17, 15) is 4.79 Å². The average molecular weight is 272 g/mol. The van der Waals surface area contributed by atoms with Gasteiger partial charge in [-0.3, -0.25) is 10.1 Å². The summed E-state index contributed by atoms with van der Waals surface area (Å²) < 4.78 is 5.04. The van der Waals surface area contributed by atoms with Crippen LogP contribution in [0.3, 0.4) is 0 Å². The molecule has 2 aromatic rings. The van der Waals surface area contributed by atoms with E-state index in [-0.39, 0.29) is 11.9 Å². The van der Waals surface area contributed by atoms with E-state index in [4.69, 9.17) is 10.5 Å². The van der Waals surface area contributed by atoms with Crippen LogP contribution >= 0.6 is 0 Å². The maximum Gasteiger partial charge on any atom is 0.260 e. The normalized spacial score (nSPS) is 10.2. The number of hydrogen-bond donors (Lipinski definition) is 2. The molecule has 104 valence electrons. The van der Waals surface area contributed by atoms with Gasteiger partial charge in [0.15, 0.2) is 0 Å². The molecule has 0 aliphatic carbocycles. The van der Waals surface area contributed by atoms with E-state index in [1.807, 2.05) is 13.0 Å². The van der Waals surface area contributed by atoms with Crippen molar-refractivity contribution in [3.63, 3.8) is 0 Å². The second-order valence-corrected chi connectivity index (χ2v) is 4.42. The van der Waals surface area contributed by atoms with Crippen LogP contribution in [0, 0.1) is 13.8 Å². The van der Waals surface area contributed by atoms with Crippen molar-refractivity contribution in [1.29, 1.82) is 0 Å². The molecule has 20 heavy (non-hydrogen) atoms. The zero-order valence-corrected chi connectivity index (χ0v) is 11.6. The third kappa shape index (κ3) is 3.03. The van der Waals surface area contributed by atoms with Crippen LogP contribution in [0.2, 0.25) is 0 Å². The third-order valence-electron chi connectivity index (χ3n) is 2.72. The van der Waals surface area contributed by atoms with Gasteiger partial charge in [-0.2, -0.15) is 4.98 Å². The van der Waals surface area contributed by atoms with Gasteiger partial charge < -0.3 is 10.5 Å². The van der Waals surface area contributed by atoms with Crippen LogP contribution in [0.15, 0.2) is 24.3 Å². The Labute approximate surface area is 117 Å². The van der Waals surface area contributed by atoms with Crippen molar-refractivity contribution in [3.05, 3.63) is 41.1 Å². The van der Waals surface area contributed by atoms with Gasteiger partial charge in [-0.05, 0) is 26.0 Å². The average Bonchev–Trinajstić information content (AvgIpc) is 2.40. The monoisotopic (exact) mass is 272 g/mol. The molecule has 3 N–H and O–H groups in total. The molecule has 0 saturated heterocycles. The lowest BCUT2D eigenvalue weighted by atomic mass is 10.1. The molecule has 0 aliphatic heterocycles. The molecule has 2 rings (SSSR count). The fraction of sp³-hybridized carbons (Fsp3) is 0.214. The standard InChI is InChI=1S/C14H16N4O2/c1-8-4-5-11(15)10(6-8)13(19)18-14-16-9(2)7-12(17-14)20-3/h4-7H,15H2,1-3H3,(H,16,17,18,19). The first-order chi connectivity index (χ1) is 9.49. The highest BCUT2D eigenvalue weighted by molar-refractivity contribution is 6.07. The van der Waals surface area contributed by atoms with Crippen LogP contribution in [0.4, 0.5) is 11.6 Å². The second kappa shape index (κ2) is 5.56. The smallest absolute Gasteiger partial charge is 0.260 e. The van der Waals surface area contributed by atoms with Gasteiger partial charge in [0.25, 0.3) is 5.91 Å². The van der Waals surface area contributed by atoms with E-state index in [2.05, 4.69) is 15.3 Å². The Kier molecular flexibility index (Phi) is 3.84. The topological polar surface area (TPSA) is 90.1 Å². The van der Waals surface area contributed by atoms with Crippen LogP contribution in [-0.4, -0.2) is 23.0 Å². The van der Waals surface area contributed by atoms with E-state index >= 15 is 0 Å². The molecule has 0 unspecified atom stereocenters. The van der Waals surface area contributed by atoms with E-state index in [1.54, 1.807) is 25.1 Å². The van der Waals surface area contributed by atoms with Gasteiger partial charge in [0.05, 0.1) is 12.7 Å². The number of nitrogens with one attached hydrogen (secondary N) is 1. The lowest BCUT2D eigenvalue weighted by molar-refractivity contribution is 0.102. The van der Waals surface area contributed by atoms with E-state index < -0.39 is 0 Å². The summed E-state index contributed by atoms with van der Waals surface area (Å²) >= 11 is 0. The second-order valence-electron chi connectivity index (χ2n) is 4.42. The summed E-state index contributed by atoms with van der Waals surface area (Å²) in [6.45, 7) is 3.68. The lowest BCUT2D eigenvalue weighted by Crippen LogP contribution is -2.16. The number of carbonyl (C=O) groups is 1. The maximum atomic E-state index is 12.2. The molecular formula is C14H16N4O2. The molecule has 1 amide bonds. The first-order valence-corrected chi connectivity index (χ1v) is 6.06. The van der Waals surface area contributed by atoms with Crippen LogP contribution in [0.5, 0.6) is 5.88 Å². The largest absolute Gasteiger partial charge is 0.481 e. The maximum absolute atomic E-state index is 12.2. The molecule has 0 fully saturated rings. The molecule has 0 saturated carbocycles. The number of nitrogens with two attached hydrogens (primary N) is 1. The van der Waals surface area contributed by atoms with E-state index in [0.29, 0.717) is 22.8 Å². The minimum Gasteiger partial charge on any atom is -0.481 e. The van der Waals surface area contributed by atoms with E-state index in [1.165, 1.54) is 7.11 Å². The number of methoxy groups -OCH3 is 1. The molecular weight excluding hydrogens is 256 g/mol. The highest BCUT2D eigenvalue weighted by Crippen LogP contribution is 2.16. The molecule has 6 nitrogen and oxygen atoms in total. The Hall–Kier alpha value is -2.63. The summed E-state index contributed by atoms with van der Waals surface area (Å²) in [5.74, 6) is 0.233. The van der Waals surface area contributed by atoms with Gasteiger partial charge in [-0.1, -0.05) is 11.6 Å². The summed E-state index contributed by atoms with van der Waals surface area (Å²) in [5.41, 5.74) is 8.26. The van der Waals surface area contributed by atoms with Gasteiger partial charge in [-0.15, -0.1) is 0 Å². The number of carbonyl (C=O) groups excluding carboxylic acids is 1. The Morgan fingerprint density at radius 3 is 2.70 bits per heavy atom. The van der Waals surface area contributed by atoms with Crippen molar-refractivity contribution in [2.24, 2.45) is 0 Å². The van der Waals surface area contributed by atoms with Crippen molar-refractivity contribution < 1.29 is 9.53 Å². The van der Waals surface area contributed by atoms with Crippen molar-refractivity contribution >= 4 is 17.5 Å². The number of aromatic nitrogens is 2. The summed E-state index contributed by atoms with van der Waals surface area (Å²) in [7, 11) is 1.51. The minimum absolute atomic E-state index is 0.188. The van der Waals surface area contributed by atoms with Crippen LogP contribution in [0.25, 0.3) is 0 Å². The predicted molar refractivity (Wildman–Crippen MR) is 76.9 cm³/mol. The van der Waals surface area contributed by atoms with Crippen LogP contribution in [-0.2, 0) is 0 Å². The molecule has 0 bridgehead atoms. The third-order valence-corrected chi connectivity index (χ3v) is 2.72. The Morgan fingerprint density at radius 2 is 2.00 bits per heavy atom. The lowest BCUT2D eigenvalue weighted by Gasteiger charge is -2.08. The highest BCUT2D eigenvalue weighted by atomic mass is 16.5. The van der Waals surface area contributed by atoms with Gasteiger partial charge >= 0.3 is 0 Å². The molecule has 1 heterocycles. The van der Waals surface area contributed by atoms with Crippen molar-refractivity contribution in [2.75, 3.05) is 18.2 Å². The zero-order chi connectivity index (χ0) is 14.7. The predicted octanol–water partition coefficient (Wildman–Crippen LogP) is 1.94. The number of nitrogens with zero attached hydrogens (tertiary/aromatic N) is 2. The van der Waals surface area contributed by atoms with Crippen molar-refractivity contribution in [1.82, 2.24) is 9.97 Å². The SMILES string of the molecule is COc1cc(C)nc(NC(=O)c2cc(C)ccc2N)n1. The number of rotatable bonds is 3. The van der Waals surface area contributed by atoms with Crippen LogP contribution < -0.4 is 15.8 Å². The molecule has 0 spiro atoms. The summed E-state index contributed by atoms with van der Waals surface area (Å²) in [4.78, 5) is 20.4. The van der Waals surface area contributed by atoms with Gasteiger partial charge in [0, 0.05) is 17.4 Å². The Balaban J connectivity index is 2.27. The first kappa shape index (κ1) is 13.8. The molecule has 1 aromatic heterocycles. The number of amides is 1. The molecule has 6 heteroatoms. The van der Waals surface area contributed by atoms with E-state index in [0.717, 1.165) is 5.56 Å². The summed E-state index contributed by atoms with van der Waals surface area (Å²) in [6.07, 6.45) is 0. The Bertz CT molecular complexity index is 656. The quantitative estimate of drug-likeness (QED) is 0.833. The van der Waals surface area contributed by atoms with Gasteiger partial charge in [-0.25, -0.2) is 4.98 Å². The fourth-order valence-electron chi connectivity index (χ4n) is 1.74. The highest BCUT2D eigenvalue weighted by Gasteiger charge is 2.12. The number of nitrogen functional groups attached to an aromatic ring is 1. The zero-order valence-electron chi connectivity index (χ0n) is 11.6. The minimum atomic E-state index is -0.348. The summed E-state index contributed by atoms with van der Waals surface area (Å²) in [5, 5.41) is 2.62. The molecule has 0 aliphatic rings. The van der Waals surface area contributed by atoms with Gasteiger partial charge in [0.1, 0.15) is 0 Å². The molecule has 0 atom stereocenters. The molecule has 1 aromatic carbocycles. The van der Waals surface area contributed by atoms with Crippen LogP contribution in [0.1, 0.15) is 21.6 Å². The first-order valence-electron chi connectivity index (χ1n) is 6.06. The number of anilines is 2. The number of aryl methyl sites for hydroxylation is 2. The van der Waals surface area contributed by atoms with Gasteiger partial charge in [0.2, 0.25) is 11.8 Å². The number of benzene rings is 1. The number of ether oxygens (including phenoxy) is 1. The molecule has 0 radical (unpaired) electrons. The number of hydrogen-bond acceptors (Lipinski definition) is 5.